The maximum Gasteiger partial charge on any atom is 0.324 e. The van der Waals surface area contributed by atoms with E-state index in [1.807, 2.05) is 20.8 Å². The zero-order chi connectivity index (χ0) is 29.1. The number of aromatic nitrogens is 6. The van der Waals surface area contributed by atoms with E-state index in [1.165, 1.54) is 27.7 Å². The lowest BCUT2D eigenvalue weighted by molar-refractivity contribution is 0.262. The molecular weight excluding hydrogens is 525 g/mol. The van der Waals surface area contributed by atoms with Gasteiger partial charge in [-0.05, 0) is 36.4 Å². The van der Waals surface area contributed by atoms with Crippen LogP contribution >= 0.6 is 0 Å². The molecular formula is C29H26FN9O2. The first kappa shape index (κ1) is 27.0. The molecule has 0 fully saturated rings. The molecule has 0 unspecified atom stereocenters. The Balaban J connectivity index is 1.32. The molecule has 0 aliphatic carbocycles. The van der Waals surface area contributed by atoms with Gasteiger partial charge in [-0.3, -0.25) is 10.3 Å². The molecule has 11 nitrogen and oxygen atoms in total. The summed E-state index contributed by atoms with van der Waals surface area (Å²) in [7, 11) is 1.70. The van der Waals surface area contributed by atoms with Gasteiger partial charge in [0, 0.05) is 36.9 Å². The molecule has 0 spiro atoms. The first-order valence-electron chi connectivity index (χ1n) is 12.6. The van der Waals surface area contributed by atoms with Gasteiger partial charge in [0.25, 0.3) is 0 Å². The van der Waals surface area contributed by atoms with Gasteiger partial charge in [-0.1, -0.05) is 26.8 Å². The molecule has 3 aromatic heterocycles. The van der Waals surface area contributed by atoms with Crippen molar-refractivity contribution in [3.63, 3.8) is 0 Å². The minimum absolute atomic E-state index is 0.0431. The predicted octanol–water partition coefficient (Wildman–Crippen LogP) is 5.81. The molecule has 2 aromatic carbocycles. The number of anilines is 2. The molecule has 0 saturated heterocycles. The summed E-state index contributed by atoms with van der Waals surface area (Å²) < 4.78 is 22.3. The van der Waals surface area contributed by atoms with Crippen LogP contribution in [0.4, 0.5) is 20.7 Å². The number of nitrogens with zero attached hydrogens (tertiary/aromatic N) is 7. The van der Waals surface area contributed by atoms with Crippen LogP contribution in [0.1, 0.15) is 32.0 Å². The highest BCUT2D eigenvalue weighted by molar-refractivity contribution is 5.99. The van der Waals surface area contributed by atoms with Crippen LogP contribution in [0.2, 0.25) is 0 Å². The monoisotopic (exact) mass is 551 g/mol. The van der Waals surface area contributed by atoms with Gasteiger partial charge in [0.15, 0.2) is 0 Å². The zero-order valence-corrected chi connectivity index (χ0v) is 22.8. The minimum Gasteiger partial charge on any atom is -0.457 e. The summed E-state index contributed by atoms with van der Waals surface area (Å²) in [4.78, 5) is 18.6. The van der Waals surface area contributed by atoms with Gasteiger partial charge in [0.05, 0.1) is 40.6 Å². The fourth-order valence-electron chi connectivity index (χ4n) is 3.89. The fourth-order valence-corrected chi connectivity index (χ4v) is 3.89. The number of pyridine rings is 1. The number of nitrogens with one attached hydrogen (secondary N) is 2. The Morgan fingerprint density at radius 1 is 1.00 bits per heavy atom. The molecule has 0 atom stereocenters. The highest BCUT2D eigenvalue weighted by atomic mass is 19.1. The normalized spacial score (nSPS) is 11.1. The Bertz CT molecular complexity index is 1780. The lowest BCUT2D eigenvalue weighted by Crippen LogP contribution is -2.22. The zero-order valence-electron chi connectivity index (χ0n) is 22.8. The van der Waals surface area contributed by atoms with Crippen molar-refractivity contribution >= 4 is 17.5 Å². The number of amides is 2. The summed E-state index contributed by atoms with van der Waals surface area (Å²) in [6, 6.07) is 17.5. The number of hydrogen-bond acceptors (Lipinski definition) is 7. The van der Waals surface area contributed by atoms with Gasteiger partial charge in [-0.15, -0.1) is 0 Å². The molecule has 0 saturated carbocycles. The van der Waals surface area contributed by atoms with Gasteiger partial charge in [0.1, 0.15) is 28.8 Å². The van der Waals surface area contributed by atoms with Crippen molar-refractivity contribution < 1.29 is 13.9 Å². The number of hydrogen-bond donors (Lipinski definition) is 2. The highest BCUT2D eigenvalue weighted by Gasteiger charge is 2.22. The number of nitriles is 1. The predicted molar refractivity (Wildman–Crippen MR) is 150 cm³/mol. The number of carbonyl (C=O) groups is 1. The molecule has 0 bridgehead atoms. The van der Waals surface area contributed by atoms with Crippen LogP contribution in [0, 0.1) is 17.1 Å². The Kier molecular flexibility index (Phi) is 7.18. The molecule has 0 aliphatic heterocycles. The highest BCUT2D eigenvalue weighted by Crippen LogP contribution is 2.29. The summed E-state index contributed by atoms with van der Waals surface area (Å²) >= 11 is 0. The summed E-state index contributed by atoms with van der Waals surface area (Å²) in [6.45, 7) is 5.99. The van der Waals surface area contributed by atoms with Crippen molar-refractivity contribution in [2.45, 2.75) is 26.2 Å². The van der Waals surface area contributed by atoms with Gasteiger partial charge in [-0.2, -0.15) is 25.4 Å². The molecule has 41 heavy (non-hydrogen) atoms. The summed E-state index contributed by atoms with van der Waals surface area (Å²) in [5.41, 5.74) is 2.55. The number of urea groups is 1. The summed E-state index contributed by atoms with van der Waals surface area (Å²) in [6.07, 6.45) is 3.14. The number of aryl methyl sites for hydroxylation is 1. The SMILES string of the molecule is Cn1ncc(-c2cc(Oc3ccc(NC(=O)Nc4cc(C(C)(C)C)nn4-c4cccc(C#N)c4)c(F)c3)ccn2)n1. The second-order valence-electron chi connectivity index (χ2n) is 10.2. The molecule has 2 amide bonds. The van der Waals surface area contributed by atoms with E-state index in [-0.39, 0.29) is 16.9 Å². The van der Waals surface area contributed by atoms with Crippen LogP contribution in [0.15, 0.2) is 73.1 Å². The van der Waals surface area contributed by atoms with E-state index in [1.54, 1.807) is 61.9 Å². The lowest BCUT2D eigenvalue weighted by Gasteiger charge is -2.14. The molecule has 0 radical (unpaired) electrons. The van der Waals surface area contributed by atoms with Gasteiger partial charge in [0.2, 0.25) is 0 Å². The molecule has 5 rings (SSSR count). The van der Waals surface area contributed by atoms with Crippen LogP contribution in [-0.4, -0.2) is 35.8 Å². The van der Waals surface area contributed by atoms with Crippen LogP contribution in [-0.2, 0) is 12.5 Å². The minimum atomic E-state index is -0.688. The number of halogens is 1. The van der Waals surface area contributed by atoms with Crippen LogP contribution in [0.3, 0.4) is 0 Å². The number of carbonyl (C=O) groups excluding carboxylic acids is 1. The Hall–Kier alpha value is -5.57. The Morgan fingerprint density at radius 2 is 1.80 bits per heavy atom. The van der Waals surface area contributed by atoms with E-state index >= 15 is 0 Å². The third kappa shape index (κ3) is 6.20. The smallest absolute Gasteiger partial charge is 0.324 e. The van der Waals surface area contributed by atoms with Gasteiger partial charge >= 0.3 is 6.03 Å². The van der Waals surface area contributed by atoms with Crippen molar-refractivity contribution in [3.05, 3.63) is 90.1 Å². The molecule has 0 aliphatic rings. The molecule has 3 heterocycles. The van der Waals surface area contributed by atoms with E-state index in [9.17, 15) is 14.4 Å². The quantitative estimate of drug-likeness (QED) is 0.272. The Morgan fingerprint density at radius 3 is 2.51 bits per heavy atom. The standard InChI is InChI=1S/C29H26FN9O2/c1-29(2,3)26-15-27(39(37-26)19-7-5-6-18(12-19)16-31)35-28(40)34-23-9-8-20(13-22(23)30)41-21-10-11-32-24(14-21)25-17-33-38(4)36-25/h5-15,17H,1-4H3,(H2,34,35,40). The van der Waals surface area contributed by atoms with Crippen molar-refractivity contribution in [2.75, 3.05) is 10.6 Å². The molecule has 206 valence electrons. The number of benzene rings is 2. The largest absolute Gasteiger partial charge is 0.457 e. The van der Waals surface area contributed by atoms with Crippen molar-refractivity contribution in [1.82, 2.24) is 29.8 Å². The van der Waals surface area contributed by atoms with Crippen LogP contribution in [0.25, 0.3) is 17.1 Å². The number of rotatable bonds is 6. The van der Waals surface area contributed by atoms with Crippen LogP contribution < -0.4 is 15.4 Å². The summed E-state index contributed by atoms with van der Waals surface area (Å²) in [5.74, 6) is 0.336. The first-order valence-corrected chi connectivity index (χ1v) is 12.6. The molecule has 2 N–H and O–H groups in total. The molecule has 12 heteroatoms. The summed E-state index contributed by atoms with van der Waals surface area (Å²) in [5, 5.41) is 27.5. The van der Waals surface area contributed by atoms with Gasteiger partial charge in [-0.25, -0.2) is 13.9 Å². The van der Waals surface area contributed by atoms with E-state index < -0.39 is 11.8 Å². The van der Waals surface area contributed by atoms with E-state index in [2.05, 4.69) is 37.0 Å². The number of ether oxygens (including phenoxy) is 1. The lowest BCUT2D eigenvalue weighted by atomic mass is 9.92. The van der Waals surface area contributed by atoms with Crippen LogP contribution in [0.5, 0.6) is 11.5 Å². The van der Waals surface area contributed by atoms with Crippen molar-refractivity contribution in [3.8, 4) is 34.6 Å². The van der Waals surface area contributed by atoms with Crippen molar-refractivity contribution in [1.29, 1.82) is 5.26 Å². The van der Waals surface area contributed by atoms with Crippen molar-refractivity contribution in [2.24, 2.45) is 7.05 Å². The second kappa shape index (κ2) is 10.9. The third-order valence-corrected chi connectivity index (χ3v) is 5.96. The maximum atomic E-state index is 15.0. The molecule has 5 aromatic rings. The fraction of sp³-hybridized carbons (Fsp3) is 0.172. The Labute approximate surface area is 235 Å². The average molecular weight is 552 g/mol. The average Bonchev–Trinajstić information content (AvgIpc) is 3.57. The topological polar surface area (TPSA) is 136 Å². The second-order valence-corrected chi connectivity index (χ2v) is 10.2. The van der Waals surface area contributed by atoms with E-state index in [0.717, 1.165) is 5.69 Å². The van der Waals surface area contributed by atoms with E-state index in [4.69, 9.17) is 4.74 Å². The third-order valence-electron chi connectivity index (χ3n) is 5.96. The van der Waals surface area contributed by atoms with Gasteiger partial charge < -0.3 is 10.1 Å². The first-order chi connectivity index (χ1) is 19.6. The van der Waals surface area contributed by atoms with E-state index in [0.29, 0.717) is 34.2 Å². The maximum absolute atomic E-state index is 15.0.